The van der Waals surface area contributed by atoms with Crippen molar-refractivity contribution in [3.8, 4) is 22.9 Å². The van der Waals surface area contributed by atoms with Crippen LogP contribution in [0.25, 0.3) is 16.6 Å². The van der Waals surface area contributed by atoms with Gasteiger partial charge in [0.05, 0.1) is 37.1 Å². The molecule has 0 saturated carbocycles. The van der Waals surface area contributed by atoms with Crippen LogP contribution in [0.3, 0.4) is 0 Å². The lowest BCUT2D eigenvalue weighted by Gasteiger charge is -2.18. The SMILES string of the molecule is CNCC(=O)O[C@H](C)Cn1c(C)c(C(=O)Nc2ccc(Oc3ccnc4cc(OC)ccc34)c(F)c2)c(=O)n1-c1ccccc1.O=P(O)(O)O.O=P(O)(O)O. The molecule has 2 heterocycles. The number of ether oxygens (including phenoxy) is 3. The third-order valence-electron chi connectivity index (χ3n) is 7.03. The van der Waals surface area contributed by atoms with Crippen LogP contribution < -0.4 is 25.7 Å². The Morgan fingerprint density at radius 3 is 2.15 bits per heavy atom. The predicted octanol–water partition coefficient (Wildman–Crippen LogP) is 2.98. The zero-order valence-corrected chi connectivity index (χ0v) is 31.3. The van der Waals surface area contributed by atoms with Gasteiger partial charge in [0, 0.05) is 29.4 Å². The highest BCUT2D eigenvalue weighted by molar-refractivity contribution is 7.45. The van der Waals surface area contributed by atoms with Gasteiger partial charge in [-0.15, -0.1) is 0 Å². The number of hydrogen-bond donors (Lipinski definition) is 8. The van der Waals surface area contributed by atoms with Crippen LogP contribution in [0, 0.1) is 12.7 Å². The summed E-state index contributed by atoms with van der Waals surface area (Å²) in [6.07, 6.45) is 0.941. The number of anilines is 1. The van der Waals surface area contributed by atoms with Gasteiger partial charge >= 0.3 is 21.6 Å². The molecule has 296 valence electrons. The van der Waals surface area contributed by atoms with E-state index in [2.05, 4.69) is 15.6 Å². The summed E-state index contributed by atoms with van der Waals surface area (Å²) in [6.45, 7) is 3.47. The highest BCUT2D eigenvalue weighted by Gasteiger charge is 2.26. The molecule has 0 saturated heterocycles. The number of aromatic nitrogens is 3. The molecule has 2 aromatic heterocycles. The van der Waals surface area contributed by atoms with Crippen LogP contribution in [0.2, 0.25) is 0 Å². The zero-order chi connectivity index (χ0) is 41.1. The molecular formula is C33H38FN5O14P2. The van der Waals surface area contributed by atoms with Crippen LogP contribution in [-0.2, 0) is 25.2 Å². The molecule has 0 aliphatic heterocycles. The standard InChI is InChI=1S/C33H32FN5O6.2H3O4P/c1-20(44-30(40)18-35-3)19-38-21(2)31(33(42)39(38)23-8-6-5-7-9-23)32(41)37-22-10-13-29(26(34)16-22)45-28-14-15-36-27-17-24(43-4)11-12-25(27)28;2*1-5(2,3)4/h5-17,20,35H,18-19H2,1-4H3,(H,37,41);2*(H3,1,2,3,4)/t20-;;/m1../s1. The number of pyridine rings is 1. The maximum atomic E-state index is 15.2. The number of rotatable bonds is 11. The first-order chi connectivity index (χ1) is 25.7. The molecule has 19 nitrogen and oxygen atoms in total. The fraction of sp³-hybridized carbons (Fsp3) is 0.212. The molecule has 1 atom stereocenters. The normalized spacial score (nSPS) is 11.7. The number of esters is 1. The number of fused-ring (bicyclic) bond motifs is 1. The van der Waals surface area contributed by atoms with E-state index >= 15 is 4.39 Å². The number of benzene rings is 3. The van der Waals surface area contributed by atoms with E-state index in [-0.39, 0.29) is 30.1 Å². The summed E-state index contributed by atoms with van der Waals surface area (Å²) in [6, 6.07) is 19.7. The lowest BCUT2D eigenvalue weighted by atomic mass is 10.2. The van der Waals surface area contributed by atoms with Gasteiger partial charge in [0.25, 0.3) is 11.5 Å². The van der Waals surface area contributed by atoms with Crippen molar-refractivity contribution < 1.29 is 66.7 Å². The molecule has 5 aromatic rings. The second-order valence-corrected chi connectivity index (χ2v) is 13.3. The number of hydrogen-bond acceptors (Lipinski definition) is 10. The average Bonchev–Trinajstić information content (AvgIpc) is 3.32. The largest absolute Gasteiger partial charge is 0.497 e. The maximum Gasteiger partial charge on any atom is 0.466 e. The van der Waals surface area contributed by atoms with Crippen molar-refractivity contribution in [2.75, 3.05) is 26.0 Å². The van der Waals surface area contributed by atoms with Crippen molar-refractivity contribution in [2.45, 2.75) is 26.5 Å². The number of nitrogens with one attached hydrogen (secondary N) is 2. The Balaban J connectivity index is 0.000000721. The quantitative estimate of drug-likeness (QED) is 0.0703. The van der Waals surface area contributed by atoms with Gasteiger partial charge in [0.15, 0.2) is 11.6 Å². The number of likely N-dealkylation sites (N-methyl/N-ethyl adjacent to an activating group) is 1. The molecule has 0 fully saturated rings. The Kier molecular flexibility index (Phi) is 15.5. The minimum Gasteiger partial charge on any atom is -0.497 e. The minimum atomic E-state index is -4.64. The van der Waals surface area contributed by atoms with Crippen molar-refractivity contribution in [3.63, 3.8) is 0 Å². The number of carbonyl (C=O) groups excluding carboxylic acids is 2. The van der Waals surface area contributed by atoms with E-state index in [0.717, 1.165) is 6.07 Å². The third-order valence-corrected chi connectivity index (χ3v) is 7.03. The summed E-state index contributed by atoms with van der Waals surface area (Å²) in [5.41, 5.74) is 0.901. The lowest BCUT2D eigenvalue weighted by Crippen LogP contribution is -2.30. The van der Waals surface area contributed by atoms with Gasteiger partial charge in [-0.3, -0.25) is 24.0 Å². The number of methoxy groups -OCH3 is 1. The Morgan fingerprint density at radius 2 is 1.56 bits per heavy atom. The number of phosphoric acid groups is 2. The molecule has 55 heavy (non-hydrogen) atoms. The number of halogens is 1. The van der Waals surface area contributed by atoms with Crippen molar-refractivity contribution in [3.05, 3.63) is 106 Å². The van der Waals surface area contributed by atoms with Crippen LogP contribution in [0.15, 0.2) is 83.8 Å². The lowest BCUT2D eigenvalue weighted by molar-refractivity contribution is -0.147. The number of nitrogens with zero attached hydrogens (tertiary/aromatic N) is 3. The Bertz CT molecular complexity index is 2240. The van der Waals surface area contributed by atoms with E-state index in [1.807, 2.05) is 0 Å². The van der Waals surface area contributed by atoms with Crippen LogP contribution in [0.5, 0.6) is 17.2 Å². The van der Waals surface area contributed by atoms with Crippen LogP contribution >= 0.6 is 15.6 Å². The highest BCUT2D eigenvalue weighted by Crippen LogP contribution is 2.33. The maximum absolute atomic E-state index is 15.2. The second kappa shape index (κ2) is 19.4. The molecule has 0 radical (unpaired) electrons. The van der Waals surface area contributed by atoms with Crippen LogP contribution in [-0.4, -0.2) is 82.4 Å². The molecule has 0 unspecified atom stereocenters. The summed E-state index contributed by atoms with van der Waals surface area (Å²) < 4.78 is 52.5. The van der Waals surface area contributed by atoms with Gasteiger partial charge < -0.3 is 54.2 Å². The highest BCUT2D eigenvalue weighted by atomic mass is 31.2. The second-order valence-electron chi connectivity index (χ2n) is 11.2. The molecule has 8 N–H and O–H groups in total. The summed E-state index contributed by atoms with van der Waals surface area (Å²) in [5, 5.41) is 6.03. The monoisotopic (exact) mass is 809 g/mol. The van der Waals surface area contributed by atoms with Gasteiger partial charge in [-0.1, -0.05) is 18.2 Å². The number of para-hydroxylation sites is 1. The number of amides is 1. The van der Waals surface area contributed by atoms with Gasteiger partial charge in [0.1, 0.15) is 23.2 Å². The molecule has 0 aliphatic rings. The smallest absolute Gasteiger partial charge is 0.466 e. The molecular weight excluding hydrogens is 771 g/mol. The minimum absolute atomic E-state index is 0.0307. The van der Waals surface area contributed by atoms with Crippen molar-refractivity contribution in [1.29, 1.82) is 0 Å². The van der Waals surface area contributed by atoms with E-state index in [1.165, 1.54) is 16.8 Å². The first-order valence-electron chi connectivity index (χ1n) is 15.7. The predicted molar refractivity (Wildman–Crippen MR) is 195 cm³/mol. The van der Waals surface area contributed by atoms with Gasteiger partial charge in [-0.2, -0.15) is 0 Å². The van der Waals surface area contributed by atoms with E-state index in [1.54, 1.807) is 93.5 Å². The topological polar surface area (TPSA) is 281 Å². The fourth-order valence-electron chi connectivity index (χ4n) is 4.94. The van der Waals surface area contributed by atoms with Crippen molar-refractivity contribution >= 4 is 44.1 Å². The van der Waals surface area contributed by atoms with Crippen molar-refractivity contribution in [2.24, 2.45) is 0 Å². The van der Waals surface area contributed by atoms with Crippen molar-refractivity contribution in [1.82, 2.24) is 19.7 Å². The molecule has 0 bridgehead atoms. The van der Waals surface area contributed by atoms with Gasteiger partial charge in [-0.05, 0) is 63.4 Å². The van der Waals surface area contributed by atoms with Crippen LogP contribution in [0.4, 0.5) is 10.1 Å². The third kappa shape index (κ3) is 13.8. The first-order valence-corrected chi connectivity index (χ1v) is 18.8. The summed E-state index contributed by atoms with van der Waals surface area (Å²) in [5.74, 6) is -0.938. The Labute approximate surface area is 312 Å². The fourth-order valence-corrected chi connectivity index (χ4v) is 4.94. The summed E-state index contributed by atoms with van der Waals surface area (Å²) in [7, 11) is -6.09. The molecule has 5 rings (SSSR count). The Morgan fingerprint density at radius 1 is 0.927 bits per heavy atom. The molecule has 0 spiro atoms. The zero-order valence-electron chi connectivity index (χ0n) is 29.6. The van der Waals surface area contributed by atoms with Gasteiger partial charge in [0.2, 0.25) is 0 Å². The molecule has 0 aliphatic carbocycles. The van der Waals surface area contributed by atoms with E-state index < -0.39 is 45.0 Å². The average molecular weight is 810 g/mol. The van der Waals surface area contributed by atoms with E-state index in [9.17, 15) is 14.4 Å². The molecule has 1 amide bonds. The number of carbonyl (C=O) groups is 2. The molecule has 22 heteroatoms. The van der Waals surface area contributed by atoms with Crippen LogP contribution in [0.1, 0.15) is 23.0 Å². The first kappa shape index (κ1) is 44.1. The molecule has 3 aromatic carbocycles. The summed E-state index contributed by atoms with van der Waals surface area (Å²) in [4.78, 5) is 86.6. The van der Waals surface area contributed by atoms with E-state index in [0.29, 0.717) is 33.8 Å². The Hall–Kier alpha value is -5.27. The summed E-state index contributed by atoms with van der Waals surface area (Å²) >= 11 is 0. The van der Waals surface area contributed by atoms with Gasteiger partial charge in [-0.25, -0.2) is 18.2 Å². The van der Waals surface area contributed by atoms with E-state index in [4.69, 9.17) is 52.7 Å².